The molecule has 0 aliphatic rings. The normalized spacial score (nSPS) is 14.1. The van der Waals surface area contributed by atoms with Crippen molar-refractivity contribution in [1.82, 2.24) is 5.32 Å². The Kier molecular flexibility index (Phi) is 8.02. The molecule has 0 fully saturated rings. The lowest BCUT2D eigenvalue weighted by atomic mass is 10.0. The molecule has 0 spiro atoms. The van der Waals surface area contributed by atoms with E-state index in [0.29, 0.717) is 6.42 Å². The summed E-state index contributed by atoms with van der Waals surface area (Å²) >= 11 is 0. The SMILES string of the molecule is COCO[C@H](CO)[C@@H](Cc1ccccc1)NC(=O)OC(C)(C)C. The largest absolute Gasteiger partial charge is 0.444 e. The van der Waals surface area contributed by atoms with E-state index in [1.807, 2.05) is 30.3 Å². The van der Waals surface area contributed by atoms with Crippen LogP contribution in [0.3, 0.4) is 0 Å². The number of aliphatic hydroxyl groups excluding tert-OH is 1. The van der Waals surface area contributed by atoms with Gasteiger partial charge in [-0.15, -0.1) is 0 Å². The minimum Gasteiger partial charge on any atom is -0.444 e. The second-order valence-electron chi connectivity index (χ2n) is 6.24. The zero-order chi connectivity index (χ0) is 17.3. The van der Waals surface area contributed by atoms with Gasteiger partial charge in [-0.2, -0.15) is 0 Å². The minimum atomic E-state index is -0.595. The summed E-state index contributed by atoms with van der Waals surface area (Å²) in [6.07, 6.45) is -0.629. The molecule has 0 aliphatic heterocycles. The highest BCUT2D eigenvalue weighted by atomic mass is 16.7. The number of nitrogens with one attached hydrogen (secondary N) is 1. The second-order valence-corrected chi connectivity index (χ2v) is 6.24. The van der Waals surface area contributed by atoms with Crippen molar-refractivity contribution in [3.05, 3.63) is 35.9 Å². The summed E-state index contributed by atoms with van der Waals surface area (Å²) in [4.78, 5) is 12.1. The van der Waals surface area contributed by atoms with Crippen LogP contribution in [0.15, 0.2) is 30.3 Å². The van der Waals surface area contributed by atoms with E-state index in [2.05, 4.69) is 5.32 Å². The van der Waals surface area contributed by atoms with Crippen LogP contribution < -0.4 is 5.32 Å². The Bertz CT molecular complexity index is 458. The van der Waals surface area contributed by atoms with Gasteiger partial charge < -0.3 is 24.6 Å². The molecule has 0 saturated heterocycles. The van der Waals surface area contributed by atoms with Crippen molar-refractivity contribution < 1.29 is 24.1 Å². The van der Waals surface area contributed by atoms with Crippen LogP contribution in [0.5, 0.6) is 0 Å². The molecule has 6 nitrogen and oxygen atoms in total. The molecule has 130 valence electrons. The standard InChI is InChI=1S/C17H27NO5/c1-17(2,3)23-16(20)18-14(15(11-19)22-12-21-4)10-13-8-6-5-7-9-13/h5-9,14-15,19H,10-12H2,1-4H3,(H,18,20)/t14-,15-/m1/s1. The maximum absolute atomic E-state index is 12.1. The number of alkyl carbamates (subject to hydrolysis) is 1. The number of hydrogen-bond donors (Lipinski definition) is 2. The molecule has 1 amide bonds. The van der Waals surface area contributed by atoms with Gasteiger partial charge in [0.15, 0.2) is 0 Å². The molecule has 0 unspecified atom stereocenters. The summed E-state index contributed by atoms with van der Waals surface area (Å²) in [6, 6.07) is 9.23. The van der Waals surface area contributed by atoms with Gasteiger partial charge in [0.05, 0.1) is 12.6 Å². The summed E-state index contributed by atoms with van der Waals surface area (Å²) in [5.74, 6) is 0. The summed E-state index contributed by atoms with van der Waals surface area (Å²) in [5.41, 5.74) is 0.428. The molecule has 0 radical (unpaired) electrons. The maximum Gasteiger partial charge on any atom is 0.407 e. The lowest BCUT2D eigenvalue weighted by Crippen LogP contribution is -2.49. The van der Waals surface area contributed by atoms with Crippen molar-refractivity contribution >= 4 is 6.09 Å². The Balaban J connectivity index is 2.80. The van der Waals surface area contributed by atoms with Gasteiger partial charge in [0, 0.05) is 7.11 Å². The molecular weight excluding hydrogens is 298 g/mol. The Morgan fingerprint density at radius 1 is 1.26 bits per heavy atom. The Morgan fingerprint density at radius 3 is 2.43 bits per heavy atom. The molecule has 2 atom stereocenters. The van der Waals surface area contributed by atoms with E-state index >= 15 is 0 Å². The first kappa shape index (κ1) is 19.4. The first-order valence-corrected chi connectivity index (χ1v) is 7.60. The lowest BCUT2D eigenvalue weighted by molar-refractivity contribution is -0.0987. The molecule has 1 aromatic rings. The summed E-state index contributed by atoms with van der Waals surface area (Å²) < 4.78 is 15.6. The van der Waals surface area contributed by atoms with E-state index in [0.717, 1.165) is 5.56 Å². The van der Waals surface area contributed by atoms with Crippen molar-refractivity contribution in [1.29, 1.82) is 0 Å². The Labute approximate surface area is 137 Å². The van der Waals surface area contributed by atoms with Crippen LogP contribution in [0.25, 0.3) is 0 Å². The van der Waals surface area contributed by atoms with E-state index in [4.69, 9.17) is 14.2 Å². The molecule has 0 bridgehead atoms. The van der Waals surface area contributed by atoms with Gasteiger partial charge in [-0.3, -0.25) is 0 Å². The fourth-order valence-electron chi connectivity index (χ4n) is 2.05. The van der Waals surface area contributed by atoms with Crippen LogP contribution in [0, 0.1) is 0 Å². The molecule has 0 aromatic heterocycles. The van der Waals surface area contributed by atoms with Gasteiger partial charge >= 0.3 is 6.09 Å². The topological polar surface area (TPSA) is 77.0 Å². The number of hydrogen-bond acceptors (Lipinski definition) is 5. The fraction of sp³-hybridized carbons (Fsp3) is 0.588. The van der Waals surface area contributed by atoms with Gasteiger partial charge in [0.1, 0.15) is 18.5 Å². The minimum absolute atomic E-state index is 0.0342. The van der Waals surface area contributed by atoms with Gasteiger partial charge in [-0.1, -0.05) is 30.3 Å². The third kappa shape index (κ3) is 7.97. The molecule has 1 rings (SSSR count). The van der Waals surface area contributed by atoms with E-state index in [1.165, 1.54) is 7.11 Å². The first-order chi connectivity index (χ1) is 10.9. The van der Waals surface area contributed by atoms with Crippen LogP contribution >= 0.6 is 0 Å². The van der Waals surface area contributed by atoms with Crippen molar-refractivity contribution in [2.24, 2.45) is 0 Å². The van der Waals surface area contributed by atoms with Crippen molar-refractivity contribution in [3.63, 3.8) is 0 Å². The average molecular weight is 325 g/mol. The van der Waals surface area contributed by atoms with Crippen LogP contribution in [-0.4, -0.2) is 49.5 Å². The molecule has 0 aliphatic carbocycles. The van der Waals surface area contributed by atoms with Crippen molar-refractivity contribution in [2.75, 3.05) is 20.5 Å². The van der Waals surface area contributed by atoms with E-state index in [9.17, 15) is 9.90 Å². The van der Waals surface area contributed by atoms with Crippen LogP contribution in [0.1, 0.15) is 26.3 Å². The Morgan fingerprint density at radius 2 is 1.91 bits per heavy atom. The van der Waals surface area contributed by atoms with Gasteiger partial charge in [-0.05, 0) is 32.8 Å². The lowest BCUT2D eigenvalue weighted by Gasteiger charge is -2.28. The molecule has 2 N–H and O–H groups in total. The zero-order valence-electron chi connectivity index (χ0n) is 14.2. The van der Waals surface area contributed by atoms with Crippen molar-refractivity contribution in [3.8, 4) is 0 Å². The van der Waals surface area contributed by atoms with Crippen molar-refractivity contribution in [2.45, 2.75) is 44.9 Å². The number of carbonyl (C=O) groups excluding carboxylic acids is 1. The molecule has 6 heteroatoms. The maximum atomic E-state index is 12.1. The number of carbonyl (C=O) groups is 1. The highest BCUT2D eigenvalue weighted by Crippen LogP contribution is 2.12. The van der Waals surface area contributed by atoms with Crippen LogP contribution in [0.2, 0.25) is 0 Å². The molecule has 23 heavy (non-hydrogen) atoms. The molecular formula is C17H27NO5. The summed E-state index contributed by atoms with van der Waals surface area (Å²) in [7, 11) is 1.50. The van der Waals surface area contributed by atoms with Gasteiger partial charge in [0.25, 0.3) is 0 Å². The number of benzene rings is 1. The van der Waals surface area contributed by atoms with E-state index in [-0.39, 0.29) is 13.4 Å². The third-order valence-electron chi connectivity index (χ3n) is 3.03. The number of ether oxygens (including phenoxy) is 3. The predicted molar refractivity (Wildman–Crippen MR) is 87.1 cm³/mol. The fourth-order valence-corrected chi connectivity index (χ4v) is 2.05. The number of aliphatic hydroxyl groups is 1. The highest BCUT2D eigenvalue weighted by Gasteiger charge is 2.26. The van der Waals surface area contributed by atoms with Gasteiger partial charge in [0.2, 0.25) is 0 Å². The highest BCUT2D eigenvalue weighted by molar-refractivity contribution is 5.68. The quantitative estimate of drug-likeness (QED) is 0.716. The number of rotatable bonds is 8. The summed E-state index contributed by atoms with van der Waals surface area (Å²) in [6.45, 7) is 5.18. The Hall–Kier alpha value is -1.63. The van der Waals surface area contributed by atoms with Crippen LogP contribution in [-0.2, 0) is 20.6 Å². The van der Waals surface area contributed by atoms with E-state index in [1.54, 1.807) is 20.8 Å². The second kappa shape index (κ2) is 9.50. The first-order valence-electron chi connectivity index (χ1n) is 7.60. The third-order valence-corrected chi connectivity index (χ3v) is 3.03. The number of methoxy groups -OCH3 is 1. The molecule has 0 saturated carbocycles. The molecule has 0 heterocycles. The summed E-state index contributed by atoms with van der Waals surface area (Å²) in [5, 5.41) is 12.4. The number of amides is 1. The zero-order valence-corrected chi connectivity index (χ0v) is 14.2. The monoisotopic (exact) mass is 325 g/mol. The predicted octanol–water partition coefficient (Wildman–Crippen LogP) is 2.10. The van der Waals surface area contributed by atoms with Crippen LogP contribution in [0.4, 0.5) is 4.79 Å². The smallest absolute Gasteiger partial charge is 0.407 e. The van der Waals surface area contributed by atoms with E-state index < -0.39 is 23.8 Å². The average Bonchev–Trinajstić information content (AvgIpc) is 2.47. The van der Waals surface area contributed by atoms with Gasteiger partial charge in [-0.25, -0.2) is 4.79 Å². The molecule has 1 aromatic carbocycles.